The van der Waals surface area contributed by atoms with Crippen LogP contribution in [-0.2, 0) is 10.2 Å². The lowest BCUT2D eigenvalue weighted by atomic mass is 9.42. The molecule has 27 heavy (non-hydrogen) atoms. The van der Waals surface area contributed by atoms with E-state index in [2.05, 4.69) is 29.6 Å². The van der Waals surface area contributed by atoms with E-state index in [1.54, 1.807) is 7.11 Å². The molecule has 0 radical (unpaired) electrons. The molecule has 0 saturated heterocycles. The van der Waals surface area contributed by atoms with Crippen LogP contribution in [0.1, 0.15) is 56.9 Å². The molecule has 0 heterocycles. The van der Waals surface area contributed by atoms with Crippen molar-refractivity contribution >= 4 is 5.91 Å². The van der Waals surface area contributed by atoms with Gasteiger partial charge in [-0.25, -0.2) is 0 Å². The van der Waals surface area contributed by atoms with Gasteiger partial charge in [0.05, 0.1) is 12.5 Å². The molecule has 3 atom stereocenters. The van der Waals surface area contributed by atoms with Crippen molar-refractivity contribution in [1.29, 1.82) is 0 Å². The number of carbonyl (C=O) groups is 1. The average Bonchev–Trinajstić information content (AvgIpc) is 3.50. The van der Waals surface area contributed by atoms with Crippen molar-refractivity contribution < 1.29 is 9.53 Å². The van der Waals surface area contributed by atoms with Crippen LogP contribution in [0.4, 0.5) is 0 Å². The highest BCUT2D eigenvalue weighted by molar-refractivity contribution is 5.83. The van der Waals surface area contributed by atoms with Gasteiger partial charge in [-0.2, -0.15) is 0 Å². The van der Waals surface area contributed by atoms with Gasteiger partial charge in [0.1, 0.15) is 5.75 Å². The lowest BCUT2D eigenvalue weighted by Crippen LogP contribution is -2.59. The number of amides is 1. The molecule has 3 unspecified atom stereocenters. The first-order valence-corrected chi connectivity index (χ1v) is 10.7. The Labute approximate surface area is 162 Å². The average molecular weight is 369 g/mol. The van der Waals surface area contributed by atoms with Gasteiger partial charge in [-0.15, -0.1) is 0 Å². The summed E-state index contributed by atoms with van der Waals surface area (Å²) in [5.41, 5.74) is 7.64. The molecule has 4 heteroatoms. The molecule has 0 aliphatic heterocycles. The number of ether oxygens (including phenoxy) is 1. The number of benzene rings is 1. The Morgan fingerprint density at radius 3 is 2.44 bits per heavy atom. The van der Waals surface area contributed by atoms with E-state index in [4.69, 9.17) is 10.5 Å². The van der Waals surface area contributed by atoms with E-state index >= 15 is 0 Å². The van der Waals surface area contributed by atoms with Crippen molar-refractivity contribution in [3.63, 3.8) is 0 Å². The molecule has 3 N–H and O–H groups in total. The molecular weight excluding hydrogens is 336 g/mol. The van der Waals surface area contributed by atoms with Crippen LogP contribution in [0, 0.1) is 23.2 Å². The van der Waals surface area contributed by atoms with Crippen LogP contribution in [0.25, 0.3) is 0 Å². The Kier molecular flexibility index (Phi) is 4.05. The Hall–Kier alpha value is -1.55. The maximum absolute atomic E-state index is 13.3. The third kappa shape index (κ3) is 2.97. The first kappa shape index (κ1) is 17.5. The summed E-state index contributed by atoms with van der Waals surface area (Å²) in [5, 5.41) is 3.26. The second-order valence-electron chi connectivity index (χ2n) is 9.96. The van der Waals surface area contributed by atoms with E-state index in [-0.39, 0.29) is 22.8 Å². The van der Waals surface area contributed by atoms with Crippen LogP contribution < -0.4 is 15.8 Å². The zero-order valence-corrected chi connectivity index (χ0v) is 16.4. The lowest BCUT2D eigenvalue weighted by molar-refractivity contribution is -0.149. The van der Waals surface area contributed by atoms with E-state index in [0.29, 0.717) is 24.3 Å². The van der Waals surface area contributed by atoms with E-state index in [0.717, 1.165) is 25.0 Å². The SMILES string of the molecule is COc1ccc(C23CC4CC(CC(C(=O)NCC(N)C5CC5)(C4)C2)C3)cc1. The van der Waals surface area contributed by atoms with Crippen molar-refractivity contribution in [2.24, 2.45) is 28.9 Å². The van der Waals surface area contributed by atoms with Gasteiger partial charge < -0.3 is 15.8 Å². The molecular formula is C23H32N2O2. The van der Waals surface area contributed by atoms with E-state index in [1.807, 2.05) is 0 Å². The number of carbonyl (C=O) groups excluding carboxylic acids is 1. The molecule has 1 aromatic rings. The van der Waals surface area contributed by atoms with Crippen molar-refractivity contribution in [3.05, 3.63) is 29.8 Å². The van der Waals surface area contributed by atoms with Gasteiger partial charge >= 0.3 is 0 Å². The Balaban J connectivity index is 1.38. The number of nitrogens with one attached hydrogen (secondary N) is 1. The van der Waals surface area contributed by atoms with Crippen LogP contribution in [0.5, 0.6) is 5.75 Å². The molecule has 4 bridgehead atoms. The molecule has 5 aliphatic rings. The smallest absolute Gasteiger partial charge is 0.226 e. The molecule has 5 fully saturated rings. The van der Waals surface area contributed by atoms with Crippen molar-refractivity contribution in [2.75, 3.05) is 13.7 Å². The fourth-order valence-corrected chi connectivity index (χ4v) is 6.90. The van der Waals surface area contributed by atoms with Gasteiger partial charge in [0.2, 0.25) is 5.91 Å². The standard InChI is InChI=1S/C23H32N2O2/c1-27-19-6-4-18(5-7-19)22-9-15-8-16(10-22)12-23(11-15,14-22)21(26)25-13-20(24)17-2-3-17/h4-7,15-17,20H,2-3,8-14,24H2,1H3,(H,25,26). The monoisotopic (exact) mass is 368 g/mol. The molecule has 6 rings (SSSR count). The van der Waals surface area contributed by atoms with Gasteiger partial charge in [0.15, 0.2) is 0 Å². The number of rotatable bonds is 6. The van der Waals surface area contributed by atoms with Gasteiger partial charge in [-0.3, -0.25) is 4.79 Å². The fourth-order valence-electron chi connectivity index (χ4n) is 6.90. The molecule has 0 aromatic heterocycles. The zero-order chi connectivity index (χ0) is 18.6. The summed E-state index contributed by atoms with van der Waals surface area (Å²) in [6.45, 7) is 0.649. The molecule has 4 nitrogen and oxygen atoms in total. The summed E-state index contributed by atoms with van der Waals surface area (Å²) in [7, 11) is 1.71. The Morgan fingerprint density at radius 1 is 1.19 bits per heavy atom. The van der Waals surface area contributed by atoms with Gasteiger partial charge in [0.25, 0.3) is 0 Å². The topological polar surface area (TPSA) is 64.3 Å². The second kappa shape index (κ2) is 6.23. The molecule has 1 aromatic carbocycles. The number of hydrogen-bond acceptors (Lipinski definition) is 3. The normalized spacial score (nSPS) is 37.9. The summed E-state index contributed by atoms with van der Waals surface area (Å²) < 4.78 is 5.35. The van der Waals surface area contributed by atoms with Gasteiger partial charge in [-0.05, 0) is 92.2 Å². The zero-order valence-electron chi connectivity index (χ0n) is 16.4. The third-order valence-corrected chi connectivity index (χ3v) is 7.97. The van der Waals surface area contributed by atoms with Crippen LogP contribution in [0.15, 0.2) is 24.3 Å². The summed E-state index contributed by atoms with van der Waals surface area (Å²) in [5.74, 6) is 3.20. The van der Waals surface area contributed by atoms with Crippen molar-refractivity contribution in [2.45, 2.75) is 62.8 Å². The largest absolute Gasteiger partial charge is 0.497 e. The van der Waals surface area contributed by atoms with Gasteiger partial charge in [-0.1, -0.05) is 12.1 Å². The molecule has 0 spiro atoms. The predicted octanol–water partition coefficient (Wildman–Crippen LogP) is 3.39. The Morgan fingerprint density at radius 2 is 1.85 bits per heavy atom. The van der Waals surface area contributed by atoms with Crippen LogP contribution in [-0.4, -0.2) is 25.6 Å². The fraction of sp³-hybridized carbons (Fsp3) is 0.696. The maximum atomic E-state index is 13.3. The van der Waals surface area contributed by atoms with E-state index in [1.165, 1.54) is 37.7 Å². The van der Waals surface area contributed by atoms with Gasteiger partial charge in [0, 0.05) is 12.6 Å². The maximum Gasteiger partial charge on any atom is 0.226 e. The molecule has 1 amide bonds. The highest BCUT2D eigenvalue weighted by atomic mass is 16.5. The van der Waals surface area contributed by atoms with Crippen LogP contribution in [0.3, 0.4) is 0 Å². The highest BCUT2D eigenvalue weighted by Gasteiger charge is 2.60. The number of methoxy groups -OCH3 is 1. The third-order valence-electron chi connectivity index (χ3n) is 7.97. The van der Waals surface area contributed by atoms with Crippen molar-refractivity contribution in [1.82, 2.24) is 5.32 Å². The quantitative estimate of drug-likeness (QED) is 0.809. The summed E-state index contributed by atoms with van der Waals surface area (Å²) in [6, 6.07) is 8.77. The lowest BCUT2D eigenvalue weighted by Gasteiger charge is -2.61. The molecule has 146 valence electrons. The van der Waals surface area contributed by atoms with Crippen LogP contribution >= 0.6 is 0 Å². The minimum Gasteiger partial charge on any atom is -0.497 e. The second-order valence-corrected chi connectivity index (χ2v) is 9.96. The minimum absolute atomic E-state index is 0.137. The minimum atomic E-state index is -0.173. The summed E-state index contributed by atoms with van der Waals surface area (Å²) in [6.07, 6.45) is 9.41. The molecule has 5 saturated carbocycles. The summed E-state index contributed by atoms with van der Waals surface area (Å²) >= 11 is 0. The van der Waals surface area contributed by atoms with E-state index < -0.39 is 0 Å². The van der Waals surface area contributed by atoms with Crippen molar-refractivity contribution in [3.8, 4) is 5.75 Å². The molecule has 5 aliphatic carbocycles. The number of nitrogens with two attached hydrogens (primary N) is 1. The summed E-state index contributed by atoms with van der Waals surface area (Å²) in [4.78, 5) is 13.3. The predicted molar refractivity (Wildman–Crippen MR) is 105 cm³/mol. The Bertz CT molecular complexity index is 710. The van der Waals surface area contributed by atoms with Crippen LogP contribution in [0.2, 0.25) is 0 Å². The number of hydrogen-bond donors (Lipinski definition) is 2. The van der Waals surface area contributed by atoms with E-state index in [9.17, 15) is 4.79 Å². The first-order chi connectivity index (χ1) is 13.0. The highest BCUT2D eigenvalue weighted by Crippen LogP contribution is 2.65. The first-order valence-electron chi connectivity index (χ1n) is 10.7.